The van der Waals surface area contributed by atoms with Crippen LogP contribution in [0.15, 0.2) is 36.8 Å². The number of aliphatic hydroxyl groups excluding tert-OH is 1. The maximum Gasteiger partial charge on any atom is 0.436 e. The van der Waals surface area contributed by atoms with Crippen molar-refractivity contribution >= 4 is 45.7 Å². The number of fused-ring (bicyclic) bond motifs is 1. The SMILES string of the molecule is O=C(NOCCO)Oc1cc(F)c2cncn2c1Nc1ccc(I)cc1F. The number of rotatable bonds is 6. The molecule has 0 saturated heterocycles. The summed E-state index contributed by atoms with van der Waals surface area (Å²) in [6.07, 6.45) is 1.52. The van der Waals surface area contributed by atoms with Crippen LogP contribution < -0.4 is 15.5 Å². The third kappa shape index (κ3) is 4.43. The second kappa shape index (κ2) is 8.45. The molecule has 3 aromatic rings. The maximum absolute atomic E-state index is 14.2. The summed E-state index contributed by atoms with van der Waals surface area (Å²) in [6.45, 7) is -0.461. The minimum atomic E-state index is -1.05. The van der Waals surface area contributed by atoms with Gasteiger partial charge in [-0.3, -0.25) is 9.24 Å². The standard InChI is InChI=1S/C16H13F2IN4O4/c17-10-5-9(19)1-2-12(10)21-15-14(27-16(25)22-26-4-3-24)6-11(18)13-7-20-8-23(13)15/h1-2,5-8,21,24H,3-4H2,(H,22,25). The van der Waals surface area contributed by atoms with Crippen LogP contribution in [0, 0.1) is 15.2 Å². The minimum Gasteiger partial charge on any atom is -0.405 e. The zero-order valence-electron chi connectivity index (χ0n) is 13.6. The number of nitrogens with one attached hydrogen (secondary N) is 2. The Labute approximate surface area is 165 Å². The van der Waals surface area contributed by atoms with Crippen molar-refractivity contribution in [2.75, 3.05) is 18.5 Å². The lowest BCUT2D eigenvalue weighted by atomic mass is 10.3. The monoisotopic (exact) mass is 490 g/mol. The van der Waals surface area contributed by atoms with Crippen LogP contribution in [0.5, 0.6) is 5.75 Å². The van der Waals surface area contributed by atoms with Crippen molar-refractivity contribution in [3.8, 4) is 5.75 Å². The Bertz CT molecular complexity index is 982. The van der Waals surface area contributed by atoms with Gasteiger partial charge in [-0.25, -0.2) is 18.6 Å². The lowest BCUT2D eigenvalue weighted by Gasteiger charge is -2.15. The van der Waals surface area contributed by atoms with Crippen molar-refractivity contribution in [3.05, 3.63) is 52.0 Å². The van der Waals surface area contributed by atoms with Gasteiger partial charge in [0.05, 0.1) is 25.1 Å². The molecule has 0 aliphatic carbocycles. The van der Waals surface area contributed by atoms with E-state index in [2.05, 4.69) is 15.1 Å². The van der Waals surface area contributed by atoms with E-state index >= 15 is 0 Å². The van der Waals surface area contributed by atoms with E-state index in [4.69, 9.17) is 9.84 Å². The molecule has 3 N–H and O–H groups in total. The average molecular weight is 490 g/mol. The van der Waals surface area contributed by atoms with Crippen LogP contribution in [0.25, 0.3) is 5.52 Å². The van der Waals surface area contributed by atoms with Crippen LogP contribution >= 0.6 is 22.6 Å². The van der Waals surface area contributed by atoms with Crippen molar-refractivity contribution < 1.29 is 28.3 Å². The van der Waals surface area contributed by atoms with Crippen LogP contribution in [0.1, 0.15) is 0 Å². The summed E-state index contributed by atoms with van der Waals surface area (Å²) < 4.78 is 35.5. The van der Waals surface area contributed by atoms with E-state index in [1.807, 2.05) is 28.1 Å². The number of hydroxylamine groups is 1. The molecule has 0 atom stereocenters. The molecular formula is C16H13F2IN4O4. The molecule has 0 aliphatic rings. The van der Waals surface area contributed by atoms with Crippen LogP contribution in [0.3, 0.4) is 0 Å². The molecule has 0 bridgehead atoms. The topological polar surface area (TPSA) is 97.1 Å². The Hall–Kier alpha value is -2.51. The third-order valence-electron chi connectivity index (χ3n) is 3.35. The molecule has 27 heavy (non-hydrogen) atoms. The van der Waals surface area contributed by atoms with Crippen LogP contribution in [-0.2, 0) is 4.84 Å². The van der Waals surface area contributed by atoms with Gasteiger partial charge in [-0.2, -0.15) is 5.48 Å². The van der Waals surface area contributed by atoms with E-state index in [9.17, 15) is 13.6 Å². The number of halogens is 3. The number of carbonyl (C=O) groups excluding carboxylic acids is 1. The number of imidazole rings is 1. The quantitative estimate of drug-likeness (QED) is 0.280. The number of hydrogen-bond acceptors (Lipinski definition) is 6. The van der Waals surface area contributed by atoms with E-state index in [1.54, 1.807) is 6.07 Å². The highest BCUT2D eigenvalue weighted by molar-refractivity contribution is 14.1. The average Bonchev–Trinajstić information content (AvgIpc) is 3.10. The van der Waals surface area contributed by atoms with E-state index in [0.717, 1.165) is 6.07 Å². The normalized spacial score (nSPS) is 10.8. The molecule has 0 spiro atoms. The zero-order valence-corrected chi connectivity index (χ0v) is 15.7. The number of amides is 1. The number of hydrogen-bond donors (Lipinski definition) is 3. The first-order valence-electron chi connectivity index (χ1n) is 7.56. The molecule has 0 radical (unpaired) electrons. The molecule has 142 valence electrons. The Kier molecular flexibility index (Phi) is 6.03. The predicted octanol–water partition coefficient (Wildman–Crippen LogP) is 2.97. The molecule has 2 aromatic heterocycles. The number of nitrogens with zero attached hydrogens (tertiary/aromatic N) is 2. The number of benzene rings is 1. The molecule has 11 heteroatoms. The first-order chi connectivity index (χ1) is 13.0. The molecule has 8 nitrogen and oxygen atoms in total. The smallest absolute Gasteiger partial charge is 0.405 e. The highest BCUT2D eigenvalue weighted by Crippen LogP contribution is 2.32. The first kappa shape index (κ1) is 19.3. The van der Waals surface area contributed by atoms with E-state index < -0.39 is 17.7 Å². The lowest BCUT2D eigenvalue weighted by Crippen LogP contribution is -2.28. The van der Waals surface area contributed by atoms with Crippen LogP contribution in [0.2, 0.25) is 0 Å². The van der Waals surface area contributed by atoms with Gasteiger partial charge in [0.15, 0.2) is 17.4 Å². The number of ether oxygens (including phenoxy) is 1. The summed E-state index contributed by atoms with van der Waals surface area (Å²) in [5.41, 5.74) is 2.13. The van der Waals surface area contributed by atoms with Gasteiger partial charge in [0.2, 0.25) is 0 Å². The summed E-state index contributed by atoms with van der Waals surface area (Å²) in [6, 6.07) is 5.46. The van der Waals surface area contributed by atoms with Gasteiger partial charge in [-0.05, 0) is 40.8 Å². The summed E-state index contributed by atoms with van der Waals surface area (Å²) in [4.78, 5) is 20.3. The van der Waals surface area contributed by atoms with Gasteiger partial charge in [-0.15, -0.1) is 0 Å². The maximum atomic E-state index is 14.2. The molecule has 0 aliphatic heterocycles. The number of aromatic nitrogens is 2. The Morgan fingerprint density at radius 3 is 2.85 bits per heavy atom. The lowest BCUT2D eigenvalue weighted by molar-refractivity contribution is 0.0246. The molecule has 0 saturated carbocycles. The van der Waals surface area contributed by atoms with Crippen molar-refractivity contribution in [2.45, 2.75) is 0 Å². The Morgan fingerprint density at radius 2 is 2.11 bits per heavy atom. The summed E-state index contributed by atoms with van der Waals surface area (Å²) in [5.74, 6) is -1.37. The van der Waals surface area contributed by atoms with Crippen LogP contribution in [-0.4, -0.2) is 33.8 Å². The second-order valence-corrected chi connectivity index (χ2v) is 6.41. The van der Waals surface area contributed by atoms with Crippen LogP contribution in [0.4, 0.5) is 25.1 Å². The summed E-state index contributed by atoms with van der Waals surface area (Å²) >= 11 is 1.97. The molecular weight excluding hydrogens is 477 g/mol. The van der Waals surface area contributed by atoms with Gasteiger partial charge >= 0.3 is 6.09 Å². The Morgan fingerprint density at radius 1 is 1.30 bits per heavy atom. The second-order valence-electron chi connectivity index (χ2n) is 5.17. The van der Waals surface area contributed by atoms with Gasteiger partial charge in [0, 0.05) is 9.64 Å². The molecule has 1 aromatic carbocycles. The number of carbonyl (C=O) groups is 1. The number of pyridine rings is 1. The largest absolute Gasteiger partial charge is 0.436 e. The predicted molar refractivity (Wildman–Crippen MR) is 99.7 cm³/mol. The molecule has 3 rings (SSSR count). The van der Waals surface area contributed by atoms with E-state index in [-0.39, 0.29) is 36.0 Å². The van der Waals surface area contributed by atoms with Gasteiger partial charge in [-0.1, -0.05) is 0 Å². The fraction of sp³-hybridized carbons (Fsp3) is 0.125. The molecule has 2 heterocycles. The third-order valence-corrected chi connectivity index (χ3v) is 4.02. The minimum absolute atomic E-state index is 0.0846. The van der Waals surface area contributed by atoms with Crippen molar-refractivity contribution in [2.24, 2.45) is 0 Å². The molecule has 1 amide bonds. The fourth-order valence-electron chi connectivity index (χ4n) is 2.22. The van der Waals surface area contributed by atoms with Gasteiger partial charge < -0.3 is 15.2 Å². The number of aliphatic hydroxyl groups is 1. The number of anilines is 2. The van der Waals surface area contributed by atoms with E-state index in [1.165, 1.54) is 29.1 Å². The molecule has 0 fully saturated rings. The van der Waals surface area contributed by atoms with Crippen molar-refractivity contribution in [3.63, 3.8) is 0 Å². The highest BCUT2D eigenvalue weighted by atomic mass is 127. The fourth-order valence-corrected chi connectivity index (χ4v) is 2.67. The first-order valence-corrected chi connectivity index (χ1v) is 8.64. The molecule has 0 unspecified atom stereocenters. The van der Waals surface area contributed by atoms with Crippen molar-refractivity contribution in [1.82, 2.24) is 14.9 Å². The Balaban J connectivity index is 1.97. The van der Waals surface area contributed by atoms with E-state index in [0.29, 0.717) is 3.57 Å². The summed E-state index contributed by atoms with van der Waals surface area (Å²) in [5, 5.41) is 11.4. The van der Waals surface area contributed by atoms with Gasteiger partial charge in [0.1, 0.15) is 17.7 Å². The highest BCUT2D eigenvalue weighted by Gasteiger charge is 2.18. The zero-order chi connectivity index (χ0) is 19.4. The van der Waals surface area contributed by atoms with Gasteiger partial charge in [0.25, 0.3) is 0 Å². The van der Waals surface area contributed by atoms with Crippen molar-refractivity contribution in [1.29, 1.82) is 0 Å². The summed E-state index contributed by atoms with van der Waals surface area (Å²) in [7, 11) is 0.